The predicted molar refractivity (Wildman–Crippen MR) is 78.6 cm³/mol. The average Bonchev–Trinajstić information content (AvgIpc) is 3.03. The SMILES string of the molecule is Cc1ncc(Cl)c(N2CCN(C(=O)c3ccco3)CC2)n1. The molecule has 21 heavy (non-hydrogen) atoms. The third-order valence-corrected chi connectivity index (χ3v) is 3.71. The molecule has 3 rings (SSSR count). The molecule has 1 aliphatic heterocycles. The van der Waals surface area contributed by atoms with Crippen LogP contribution in [0.2, 0.25) is 5.02 Å². The van der Waals surface area contributed by atoms with E-state index in [1.54, 1.807) is 23.2 Å². The molecular formula is C14H15ClN4O2. The van der Waals surface area contributed by atoms with Gasteiger partial charge in [0, 0.05) is 26.2 Å². The van der Waals surface area contributed by atoms with Gasteiger partial charge in [0.25, 0.3) is 5.91 Å². The molecule has 0 saturated carbocycles. The van der Waals surface area contributed by atoms with Gasteiger partial charge < -0.3 is 14.2 Å². The van der Waals surface area contributed by atoms with Crippen molar-refractivity contribution in [3.8, 4) is 0 Å². The van der Waals surface area contributed by atoms with E-state index in [1.165, 1.54) is 6.26 Å². The summed E-state index contributed by atoms with van der Waals surface area (Å²) in [5, 5.41) is 0.534. The summed E-state index contributed by atoms with van der Waals surface area (Å²) in [5.74, 6) is 1.71. The van der Waals surface area contributed by atoms with E-state index < -0.39 is 0 Å². The fourth-order valence-corrected chi connectivity index (χ4v) is 2.55. The fraction of sp³-hybridized carbons (Fsp3) is 0.357. The summed E-state index contributed by atoms with van der Waals surface area (Å²) in [6, 6.07) is 3.40. The summed E-state index contributed by atoms with van der Waals surface area (Å²) in [7, 11) is 0. The third-order valence-electron chi connectivity index (χ3n) is 3.44. The quantitative estimate of drug-likeness (QED) is 0.849. The number of amides is 1. The molecule has 3 heterocycles. The summed E-state index contributed by atoms with van der Waals surface area (Å²) < 4.78 is 5.15. The highest BCUT2D eigenvalue weighted by Gasteiger charge is 2.25. The number of nitrogens with zero attached hydrogens (tertiary/aromatic N) is 4. The number of aromatic nitrogens is 2. The molecule has 6 nitrogen and oxygen atoms in total. The third kappa shape index (κ3) is 2.85. The normalized spacial score (nSPS) is 15.3. The number of hydrogen-bond donors (Lipinski definition) is 0. The van der Waals surface area contributed by atoms with Crippen molar-refractivity contribution in [1.29, 1.82) is 0 Å². The molecule has 1 amide bonds. The number of carbonyl (C=O) groups excluding carboxylic acids is 1. The number of piperazine rings is 1. The molecule has 110 valence electrons. The number of hydrogen-bond acceptors (Lipinski definition) is 5. The highest BCUT2D eigenvalue weighted by atomic mass is 35.5. The van der Waals surface area contributed by atoms with Gasteiger partial charge in [-0.05, 0) is 19.1 Å². The molecule has 1 saturated heterocycles. The van der Waals surface area contributed by atoms with E-state index in [0.29, 0.717) is 42.8 Å². The van der Waals surface area contributed by atoms with Gasteiger partial charge in [-0.2, -0.15) is 0 Å². The van der Waals surface area contributed by atoms with Crippen molar-refractivity contribution in [3.63, 3.8) is 0 Å². The van der Waals surface area contributed by atoms with Crippen molar-refractivity contribution in [3.05, 3.63) is 41.2 Å². The van der Waals surface area contributed by atoms with E-state index in [9.17, 15) is 4.79 Å². The van der Waals surface area contributed by atoms with E-state index in [0.717, 1.165) is 5.82 Å². The van der Waals surface area contributed by atoms with Gasteiger partial charge in [-0.1, -0.05) is 11.6 Å². The molecule has 0 unspecified atom stereocenters. The topological polar surface area (TPSA) is 62.5 Å². The average molecular weight is 307 g/mol. The molecule has 1 fully saturated rings. The lowest BCUT2D eigenvalue weighted by Crippen LogP contribution is -2.49. The molecule has 0 atom stereocenters. The molecule has 2 aromatic heterocycles. The van der Waals surface area contributed by atoms with Gasteiger partial charge in [0.2, 0.25) is 0 Å². The predicted octanol–water partition coefficient (Wildman–Crippen LogP) is 1.99. The Morgan fingerprint density at radius 1 is 1.33 bits per heavy atom. The summed E-state index contributed by atoms with van der Waals surface area (Å²) >= 11 is 6.15. The Bertz CT molecular complexity index is 636. The van der Waals surface area contributed by atoms with Crippen molar-refractivity contribution < 1.29 is 9.21 Å². The van der Waals surface area contributed by atoms with Crippen molar-refractivity contribution in [1.82, 2.24) is 14.9 Å². The lowest BCUT2D eigenvalue weighted by molar-refractivity contribution is 0.0714. The van der Waals surface area contributed by atoms with Crippen LogP contribution < -0.4 is 4.90 Å². The lowest BCUT2D eigenvalue weighted by atomic mass is 10.3. The van der Waals surface area contributed by atoms with Crippen LogP contribution in [0, 0.1) is 6.92 Å². The summed E-state index contributed by atoms with van der Waals surface area (Å²) in [6.45, 7) is 4.42. The second-order valence-corrected chi connectivity index (χ2v) is 5.25. The second kappa shape index (κ2) is 5.73. The number of anilines is 1. The number of carbonyl (C=O) groups is 1. The van der Waals surface area contributed by atoms with Gasteiger partial charge in [0.05, 0.1) is 12.5 Å². The molecule has 0 aromatic carbocycles. The first kappa shape index (κ1) is 13.9. The first-order chi connectivity index (χ1) is 10.1. The molecular weight excluding hydrogens is 292 g/mol. The molecule has 7 heteroatoms. The highest BCUT2D eigenvalue weighted by Crippen LogP contribution is 2.23. The Kier molecular flexibility index (Phi) is 3.79. The zero-order valence-corrected chi connectivity index (χ0v) is 12.4. The van der Waals surface area contributed by atoms with E-state index >= 15 is 0 Å². The zero-order valence-electron chi connectivity index (χ0n) is 11.6. The maximum absolute atomic E-state index is 12.2. The smallest absolute Gasteiger partial charge is 0.289 e. The molecule has 0 aliphatic carbocycles. The van der Waals surface area contributed by atoms with Crippen LogP contribution in [0.25, 0.3) is 0 Å². The Balaban J connectivity index is 1.68. The first-order valence-electron chi connectivity index (χ1n) is 6.72. The summed E-state index contributed by atoms with van der Waals surface area (Å²) in [4.78, 5) is 24.5. The van der Waals surface area contributed by atoms with Gasteiger partial charge >= 0.3 is 0 Å². The molecule has 0 bridgehead atoms. The molecule has 0 spiro atoms. The Labute approximate surface area is 127 Å². The van der Waals surface area contributed by atoms with Crippen LogP contribution in [0.1, 0.15) is 16.4 Å². The molecule has 0 N–H and O–H groups in total. The largest absolute Gasteiger partial charge is 0.459 e. The van der Waals surface area contributed by atoms with Crippen molar-refractivity contribution in [2.45, 2.75) is 6.92 Å². The van der Waals surface area contributed by atoms with Gasteiger partial charge in [-0.15, -0.1) is 0 Å². The zero-order chi connectivity index (χ0) is 14.8. The standard InChI is InChI=1S/C14H15ClN4O2/c1-10-16-9-11(15)13(17-10)18-4-6-19(7-5-18)14(20)12-3-2-8-21-12/h2-3,8-9H,4-7H2,1H3. The van der Waals surface area contributed by atoms with Crippen LogP contribution >= 0.6 is 11.6 Å². The Hall–Kier alpha value is -2.08. The van der Waals surface area contributed by atoms with Crippen LogP contribution in [-0.4, -0.2) is 47.0 Å². The highest BCUT2D eigenvalue weighted by molar-refractivity contribution is 6.32. The minimum Gasteiger partial charge on any atom is -0.459 e. The van der Waals surface area contributed by atoms with Crippen LogP contribution in [0.15, 0.2) is 29.0 Å². The lowest BCUT2D eigenvalue weighted by Gasteiger charge is -2.35. The summed E-state index contributed by atoms with van der Waals surface area (Å²) in [6.07, 6.45) is 3.12. The van der Waals surface area contributed by atoms with E-state index in [2.05, 4.69) is 14.9 Å². The molecule has 0 radical (unpaired) electrons. The van der Waals surface area contributed by atoms with Crippen molar-refractivity contribution >= 4 is 23.3 Å². The maximum atomic E-state index is 12.2. The van der Waals surface area contributed by atoms with Crippen molar-refractivity contribution in [2.75, 3.05) is 31.1 Å². The van der Waals surface area contributed by atoms with Crippen LogP contribution in [-0.2, 0) is 0 Å². The van der Waals surface area contributed by atoms with Crippen LogP contribution in [0.5, 0.6) is 0 Å². The number of aryl methyl sites for hydroxylation is 1. The van der Waals surface area contributed by atoms with Crippen LogP contribution in [0.3, 0.4) is 0 Å². The number of halogens is 1. The monoisotopic (exact) mass is 306 g/mol. The van der Waals surface area contributed by atoms with E-state index in [4.69, 9.17) is 16.0 Å². The van der Waals surface area contributed by atoms with E-state index in [1.807, 2.05) is 6.92 Å². The Morgan fingerprint density at radius 2 is 2.10 bits per heavy atom. The Morgan fingerprint density at radius 3 is 2.76 bits per heavy atom. The van der Waals surface area contributed by atoms with Gasteiger partial charge in [0.1, 0.15) is 10.8 Å². The minimum atomic E-state index is -0.0791. The maximum Gasteiger partial charge on any atom is 0.289 e. The summed E-state index contributed by atoms with van der Waals surface area (Å²) in [5.41, 5.74) is 0. The van der Waals surface area contributed by atoms with Crippen molar-refractivity contribution in [2.24, 2.45) is 0 Å². The molecule has 2 aromatic rings. The van der Waals surface area contributed by atoms with Gasteiger partial charge in [-0.3, -0.25) is 4.79 Å². The second-order valence-electron chi connectivity index (χ2n) is 4.85. The fourth-order valence-electron chi connectivity index (χ4n) is 2.34. The number of furan rings is 1. The van der Waals surface area contributed by atoms with Gasteiger partial charge in [-0.25, -0.2) is 9.97 Å². The van der Waals surface area contributed by atoms with Crippen LogP contribution in [0.4, 0.5) is 5.82 Å². The number of rotatable bonds is 2. The van der Waals surface area contributed by atoms with Gasteiger partial charge in [0.15, 0.2) is 11.6 Å². The molecule has 1 aliphatic rings. The minimum absolute atomic E-state index is 0.0791. The first-order valence-corrected chi connectivity index (χ1v) is 7.10. The van der Waals surface area contributed by atoms with E-state index in [-0.39, 0.29) is 5.91 Å².